The molecular formula is C26H30N4O3. The molecule has 33 heavy (non-hydrogen) atoms. The van der Waals surface area contributed by atoms with Crippen LogP contribution in [0.2, 0.25) is 0 Å². The van der Waals surface area contributed by atoms with Crippen molar-refractivity contribution < 1.29 is 14.0 Å². The first-order valence-corrected chi connectivity index (χ1v) is 11.7. The molecule has 1 saturated heterocycles. The molecule has 0 N–H and O–H groups in total. The zero-order valence-corrected chi connectivity index (χ0v) is 18.9. The second kappa shape index (κ2) is 11.4. The highest BCUT2D eigenvalue weighted by Gasteiger charge is 2.23. The summed E-state index contributed by atoms with van der Waals surface area (Å²) in [5.74, 6) is 1.35. The standard InChI is InChI=1S/C26H30N4O3/c31-24(15-7-11-21-9-3-1-4-10-21)29-17-19-30(20-18-29)25(32)16-8-14-23-27-28-26(33-23)22-12-5-2-6-13-22/h1-6,9-10,12-13H,7-8,11,14-20H2. The highest BCUT2D eigenvalue weighted by Crippen LogP contribution is 2.18. The van der Waals surface area contributed by atoms with E-state index in [-0.39, 0.29) is 11.8 Å². The van der Waals surface area contributed by atoms with Crippen LogP contribution >= 0.6 is 0 Å². The van der Waals surface area contributed by atoms with Crippen molar-refractivity contribution in [3.8, 4) is 11.5 Å². The average Bonchev–Trinajstić information content (AvgIpc) is 3.34. The molecule has 2 amide bonds. The molecule has 0 atom stereocenters. The van der Waals surface area contributed by atoms with E-state index in [4.69, 9.17) is 4.42 Å². The fraction of sp³-hybridized carbons (Fsp3) is 0.385. The van der Waals surface area contributed by atoms with Crippen molar-refractivity contribution in [1.29, 1.82) is 0 Å². The fourth-order valence-electron chi connectivity index (χ4n) is 4.05. The van der Waals surface area contributed by atoms with Crippen LogP contribution in [0, 0.1) is 0 Å². The number of carbonyl (C=O) groups excluding carboxylic acids is 2. The third-order valence-corrected chi connectivity index (χ3v) is 5.95. The van der Waals surface area contributed by atoms with Gasteiger partial charge in [0.05, 0.1) is 0 Å². The Balaban J connectivity index is 1.13. The molecule has 0 spiro atoms. The van der Waals surface area contributed by atoms with Crippen molar-refractivity contribution in [3.63, 3.8) is 0 Å². The van der Waals surface area contributed by atoms with E-state index < -0.39 is 0 Å². The van der Waals surface area contributed by atoms with Crippen molar-refractivity contribution in [2.45, 2.75) is 38.5 Å². The Bertz CT molecular complexity index is 1030. The third-order valence-electron chi connectivity index (χ3n) is 5.95. The zero-order valence-electron chi connectivity index (χ0n) is 18.9. The number of hydrogen-bond donors (Lipinski definition) is 0. The zero-order chi connectivity index (χ0) is 22.9. The molecule has 7 nitrogen and oxygen atoms in total. The van der Waals surface area contributed by atoms with E-state index in [2.05, 4.69) is 22.3 Å². The fourth-order valence-corrected chi connectivity index (χ4v) is 4.05. The highest BCUT2D eigenvalue weighted by molar-refractivity contribution is 5.78. The molecule has 1 aromatic heterocycles. The summed E-state index contributed by atoms with van der Waals surface area (Å²) >= 11 is 0. The monoisotopic (exact) mass is 446 g/mol. The van der Waals surface area contributed by atoms with Gasteiger partial charge in [0.15, 0.2) is 0 Å². The predicted molar refractivity (Wildman–Crippen MR) is 125 cm³/mol. The molecule has 0 unspecified atom stereocenters. The molecule has 2 heterocycles. The van der Waals surface area contributed by atoms with E-state index >= 15 is 0 Å². The summed E-state index contributed by atoms with van der Waals surface area (Å²) < 4.78 is 5.71. The molecule has 0 saturated carbocycles. The number of amides is 2. The molecule has 1 aliphatic rings. The number of carbonyl (C=O) groups is 2. The molecular weight excluding hydrogens is 416 g/mol. The minimum atomic E-state index is 0.119. The Hall–Kier alpha value is -3.48. The van der Waals surface area contributed by atoms with Gasteiger partial charge in [-0.3, -0.25) is 9.59 Å². The topological polar surface area (TPSA) is 79.5 Å². The average molecular weight is 447 g/mol. The maximum absolute atomic E-state index is 12.6. The Labute approximate surface area is 194 Å². The lowest BCUT2D eigenvalue weighted by Gasteiger charge is -2.35. The first-order valence-electron chi connectivity index (χ1n) is 11.7. The predicted octanol–water partition coefficient (Wildman–Crippen LogP) is 3.75. The molecule has 7 heteroatoms. The van der Waals surface area contributed by atoms with Gasteiger partial charge in [-0.05, 0) is 37.0 Å². The van der Waals surface area contributed by atoms with Crippen LogP contribution in [0.15, 0.2) is 65.1 Å². The number of hydrogen-bond acceptors (Lipinski definition) is 5. The van der Waals surface area contributed by atoms with Crippen LogP contribution in [0.4, 0.5) is 0 Å². The molecule has 1 aliphatic heterocycles. The molecule has 172 valence electrons. The lowest BCUT2D eigenvalue weighted by molar-refractivity contribution is -0.139. The number of nitrogens with zero attached hydrogens (tertiary/aromatic N) is 4. The van der Waals surface area contributed by atoms with Gasteiger partial charge in [0.2, 0.25) is 23.6 Å². The summed E-state index contributed by atoms with van der Waals surface area (Å²) in [4.78, 5) is 28.8. The Morgan fingerprint density at radius 2 is 1.27 bits per heavy atom. The van der Waals surface area contributed by atoms with Gasteiger partial charge < -0.3 is 14.2 Å². The number of rotatable bonds is 9. The smallest absolute Gasteiger partial charge is 0.247 e. The van der Waals surface area contributed by atoms with Gasteiger partial charge in [-0.2, -0.15) is 0 Å². The molecule has 0 bridgehead atoms. The van der Waals surface area contributed by atoms with Crippen LogP contribution < -0.4 is 0 Å². The van der Waals surface area contributed by atoms with Crippen molar-refractivity contribution in [2.24, 2.45) is 0 Å². The van der Waals surface area contributed by atoms with Gasteiger partial charge >= 0.3 is 0 Å². The van der Waals surface area contributed by atoms with Gasteiger partial charge in [-0.15, -0.1) is 10.2 Å². The Morgan fingerprint density at radius 3 is 1.88 bits per heavy atom. The number of benzene rings is 2. The molecule has 1 fully saturated rings. The van der Waals surface area contributed by atoms with Crippen LogP contribution in [0.1, 0.15) is 37.1 Å². The first kappa shape index (κ1) is 22.7. The van der Waals surface area contributed by atoms with E-state index in [1.807, 2.05) is 58.3 Å². The molecule has 2 aromatic carbocycles. The van der Waals surface area contributed by atoms with Gasteiger partial charge in [-0.1, -0.05) is 48.5 Å². The van der Waals surface area contributed by atoms with E-state index in [0.29, 0.717) is 63.6 Å². The number of aromatic nitrogens is 2. The summed E-state index contributed by atoms with van der Waals surface area (Å²) in [6.45, 7) is 2.42. The van der Waals surface area contributed by atoms with Gasteiger partial charge in [-0.25, -0.2) is 0 Å². The normalized spacial score (nSPS) is 13.8. The summed E-state index contributed by atoms with van der Waals surface area (Å²) in [5.41, 5.74) is 2.15. The van der Waals surface area contributed by atoms with Crippen LogP contribution in [-0.4, -0.2) is 58.0 Å². The molecule has 4 rings (SSSR count). The van der Waals surface area contributed by atoms with Gasteiger partial charge in [0, 0.05) is 51.0 Å². The Morgan fingerprint density at radius 1 is 0.727 bits per heavy atom. The van der Waals surface area contributed by atoms with Gasteiger partial charge in [0.25, 0.3) is 0 Å². The number of piperazine rings is 1. The van der Waals surface area contributed by atoms with E-state index in [1.165, 1.54) is 5.56 Å². The van der Waals surface area contributed by atoms with Crippen LogP contribution in [0.3, 0.4) is 0 Å². The first-order chi connectivity index (χ1) is 16.2. The van der Waals surface area contributed by atoms with Crippen LogP contribution in [0.25, 0.3) is 11.5 Å². The summed E-state index contributed by atoms with van der Waals surface area (Å²) in [6, 6.07) is 19.9. The van der Waals surface area contributed by atoms with Crippen molar-refractivity contribution in [2.75, 3.05) is 26.2 Å². The summed E-state index contributed by atoms with van der Waals surface area (Å²) in [7, 11) is 0. The highest BCUT2D eigenvalue weighted by atomic mass is 16.4. The van der Waals surface area contributed by atoms with Crippen LogP contribution in [0.5, 0.6) is 0 Å². The van der Waals surface area contributed by atoms with E-state index in [0.717, 1.165) is 18.4 Å². The largest absolute Gasteiger partial charge is 0.421 e. The molecule has 0 aliphatic carbocycles. The minimum absolute atomic E-state index is 0.119. The van der Waals surface area contributed by atoms with Crippen molar-refractivity contribution in [3.05, 3.63) is 72.1 Å². The van der Waals surface area contributed by atoms with Crippen LogP contribution in [-0.2, 0) is 22.4 Å². The lowest BCUT2D eigenvalue weighted by atomic mass is 10.1. The van der Waals surface area contributed by atoms with Crippen molar-refractivity contribution >= 4 is 11.8 Å². The maximum Gasteiger partial charge on any atom is 0.247 e. The summed E-state index contributed by atoms with van der Waals surface area (Å²) in [5, 5.41) is 8.18. The quantitative estimate of drug-likeness (QED) is 0.500. The third kappa shape index (κ3) is 6.51. The van der Waals surface area contributed by atoms with Crippen molar-refractivity contribution in [1.82, 2.24) is 20.0 Å². The van der Waals surface area contributed by atoms with E-state index in [9.17, 15) is 9.59 Å². The Kier molecular flexibility index (Phi) is 7.85. The lowest BCUT2D eigenvalue weighted by Crippen LogP contribution is -2.50. The molecule has 3 aromatic rings. The molecule has 0 radical (unpaired) electrons. The SMILES string of the molecule is O=C(CCCc1ccccc1)N1CCN(C(=O)CCCc2nnc(-c3ccccc3)o2)CC1. The summed E-state index contributed by atoms with van der Waals surface area (Å²) in [6.07, 6.45) is 3.99. The number of aryl methyl sites for hydroxylation is 2. The minimum Gasteiger partial charge on any atom is -0.421 e. The second-order valence-corrected chi connectivity index (χ2v) is 8.32. The second-order valence-electron chi connectivity index (χ2n) is 8.32. The van der Waals surface area contributed by atoms with E-state index in [1.54, 1.807) is 0 Å². The maximum atomic E-state index is 12.6. The van der Waals surface area contributed by atoms with Gasteiger partial charge in [0.1, 0.15) is 0 Å².